The zero-order valence-electron chi connectivity index (χ0n) is 9.91. The van der Waals surface area contributed by atoms with E-state index in [9.17, 15) is 14.4 Å². The highest BCUT2D eigenvalue weighted by atomic mass is 16.6. The van der Waals surface area contributed by atoms with E-state index in [4.69, 9.17) is 9.84 Å². The Balaban J connectivity index is 3.76. The van der Waals surface area contributed by atoms with Crippen LogP contribution in [0.25, 0.3) is 0 Å². The van der Waals surface area contributed by atoms with E-state index in [1.54, 1.807) is 20.8 Å². The molecule has 92 valence electrons. The molecule has 0 aliphatic heterocycles. The molecule has 0 aromatic carbocycles. The molecule has 0 bridgehead atoms. The van der Waals surface area contributed by atoms with Crippen LogP contribution in [0.5, 0.6) is 0 Å². The van der Waals surface area contributed by atoms with Crippen LogP contribution in [0, 0.1) is 0 Å². The monoisotopic (exact) mass is 230 g/mol. The lowest BCUT2D eigenvalue weighted by Crippen LogP contribution is -2.24. The zero-order valence-corrected chi connectivity index (χ0v) is 9.91. The fourth-order valence-electron chi connectivity index (χ4n) is 1.01. The summed E-state index contributed by atoms with van der Waals surface area (Å²) in [4.78, 5) is 32.5. The Kier molecular flexibility index (Phi) is 5.71. The van der Waals surface area contributed by atoms with Gasteiger partial charge in [0.2, 0.25) is 0 Å². The number of rotatable bonds is 6. The van der Waals surface area contributed by atoms with Crippen LogP contribution in [-0.2, 0) is 19.1 Å². The Morgan fingerprint density at radius 2 is 1.50 bits per heavy atom. The Hall–Kier alpha value is -1.39. The number of ether oxygens (including phenoxy) is 1. The lowest BCUT2D eigenvalue weighted by molar-refractivity contribution is -0.155. The highest BCUT2D eigenvalue weighted by Crippen LogP contribution is 2.09. The van der Waals surface area contributed by atoms with Crippen molar-refractivity contribution < 1.29 is 24.2 Å². The van der Waals surface area contributed by atoms with E-state index >= 15 is 0 Å². The molecule has 5 heteroatoms. The number of aliphatic carboxylic acids is 1. The topological polar surface area (TPSA) is 80.7 Å². The van der Waals surface area contributed by atoms with Crippen LogP contribution in [0.4, 0.5) is 0 Å². The number of carbonyl (C=O) groups excluding carboxylic acids is 2. The Labute approximate surface area is 94.8 Å². The second-order valence-electron chi connectivity index (χ2n) is 4.52. The highest BCUT2D eigenvalue weighted by molar-refractivity contribution is 5.85. The van der Waals surface area contributed by atoms with Gasteiger partial charge in [0.1, 0.15) is 11.4 Å². The van der Waals surface area contributed by atoms with E-state index in [1.807, 2.05) is 0 Å². The molecule has 0 amide bonds. The fraction of sp³-hybridized carbons (Fsp3) is 0.727. The molecule has 0 aliphatic rings. The summed E-state index contributed by atoms with van der Waals surface area (Å²) < 4.78 is 5.01. The number of carboxylic acids is 1. The number of ketones is 1. The van der Waals surface area contributed by atoms with Crippen LogP contribution in [0.15, 0.2) is 0 Å². The molecule has 0 fully saturated rings. The number of hydrogen-bond acceptors (Lipinski definition) is 4. The second-order valence-corrected chi connectivity index (χ2v) is 4.52. The van der Waals surface area contributed by atoms with Gasteiger partial charge in [-0.2, -0.15) is 0 Å². The first-order valence-electron chi connectivity index (χ1n) is 5.16. The fourth-order valence-corrected chi connectivity index (χ4v) is 1.01. The van der Waals surface area contributed by atoms with Gasteiger partial charge in [0.25, 0.3) is 0 Å². The molecule has 0 aromatic heterocycles. The van der Waals surface area contributed by atoms with E-state index in [-0.39, 0.29) is 31.5 Å². The van der Waals surface area contributed by atoms with Crippen molar-refractivity contribution in [2.24, 2.45) is 0 Å². The molecule has 16 heavy (non-hydrogen) atoms. The minimum atomic E-state index is -1.01. The predicted molar refractivity (Wildman–Crippen MR) is 57.0 cm³/mol. The summed E-state index contributed by atoms with van der Waals surface area (Å²) in [5.41, 5.74) is -0.554. The Morgan fingerprint density at radius 1 is 1.00 bits per heavy atom. The van der Waals surface area contributed by atoms with Crippen LogP contribution in [0.3, 0.4) is 0 Å². The van der Waals surface area contributed by atoms with Crippen molar-refractivity contribution >= 4 is 17.7 Å². The first-order valence-corrected chi connectivity index (χ1v) is 5.16. The van der Waals surface area contributed by atoms with Crippen LogP contribution >= 0.6 is 0 Å². The molecule has 0 aliphatic carbocycles. The molecular weight excluding hydrogens is 212 g/mol. The molecule has 5 nitrogen and oxygen atoms in total. The molecule has 0 atom stereocenters. The van der Waals surface area contributed by atoms with Crippen molar-refractivity contribution in [3.63, 3.8) is 0 Å². The molecule has 0 spiro atoms. The maximum atomic E-state index is 11.2. The van der Waals surface area contributed by atoms with E-state index in [0.717, 1.165) is 0 Å². The van der Waals surface area contributed by atoms with Crippen molar-refractivity contribution in [1.29, 1.82) is 0 Å². The van der Waals surface area contributed by atoms with Gasteiger partial charge >= 0.3 is 11.9 Å². The largest absolute Gasteiger partial charge is 0.481 e. The number of carbonyl (C=O) groups is 3. The van der Waals surface area contributed by atoms with Gasteiger partial charge in [-0.3, -0.25) is 14.4 Å². The molecule has 0 unspecified atom stereocenters. The maximum absolute atomic E-state index is 11.2. The third kappa shape index (κ3) is 9.18. The maximum Gasteiger partial charge on any atom is 0.306 e. The van der Waals surface area contributed by atoms with Gasteiger partial charge in [-0.25, -0.2) is 0 Å². The van der Waals surface area contributed by atoms with Crippen molar-refractivity contribution in [2.75, 3.05) is 0 Å². The lowest BCUT2D eigenvalue weighted by Gasteiger charge is -2.19. The normalized spacial score (nSPS) is 10.9. The molecule has 0 radical (unpaired) electrons. The predicted octanol–water partition coefficient (Wildman–Crippen LogP) is 1.54. The summed E-state index contributed by atoms with van der Waals surface area (Å²) in [5.74, 6) is -1.67. The smallest absolute Gasteiger partial charge is 0.306 e. The number of carboxylic acid groups (broad SMARTS) is 1. The van der Waals surface area contributed by atoms with E-state index in [2.05, 4.69) is 0 Å². The number of hydrogen-bond donors (Lipinski definition) is 1. The molecule has 1 N–H and O–H groups in total. The van der Waals surface area contributed by atoms with Crippen LogP contribution in [-0.4, -0.2) is 28.4 Å². The van der Waals surface area contributed by atoms with Crippen molar-refractivity contribution in [2.45, 2.75) is 52.1 Å². The standard InChI is InChI=1S/C11H18O5/c1-11(2,3)16-10(15)7-5-8(12)4-6-9(13)14/h4-7H2,1-3H3,(H,13,14). The molecular formula is C11H18O5. The zero-order chi connectivity index (χ0) is 12.8. The van der Waals surface area contributed by atoms with Crippen molar-refractivity contribution in [3.8, 4) is 0 Å². The number of esters is 1. The quantitative estimate of drug-likeness (QED) is 0.700. The molecule has 0 aromatic rings. The average molecular weight is 230 g/mol. The first kappa shape index (κ1) is 14.6. The second kappa shape index (κ2) is 6.25. The molecule has 0 heterocycles. The van der Waals surface area contributed by atoms with Gasteiger partial charge in [0.15, 0.2) is 0 Å². The highest BCUT2D eigenvalue weighted by Gasteiger charge is 2.17. The van der Waals surface area contributed by atoms with E-state index < -0.39 is 17.5 Å². The lowest BCUT2D eigenvalue weighted by atomic mass is 10.1. The molecule has 0 rings (SSSR count). The van der Waals surface area contributed by atoms with Crippen LogP contribution in [0.1, 0.15) is 46.5 Å². The summed E-state index contributed by atoms with van der Waals surface area (Å²) in [6, 6.07) is 0. The van der Waals surface area contributed by atoms with E-state index in [1.165, 1.54) is 0 Å². The summed E-state index contributed by atoms with van der Waals surface area (Å²) >= 11 is 0. The molecule has 0 saturated carbocycles. The number of Topliss-reactive ketones (excluding diaryl/α,β-unsaturated/α-hetero) is 1. The van der Waals surface area contributed by atoms with Gasteiger partial charge in [-0.1, -0.05) is 0 Å². The van der Waals surface area contributed by atoms with Gasteiger partial charge in [0.05, 0.1) is 12.8 Å². The summed E-state index contributed by atoms with van der Waals surface area (Å²) in [6.07, 6.45) is -0.163. The minimum absolute atomic E-state index is 0.00965. The Bertz CT molecular complexity index is 275. The van der Waals surface area contributed by atoms with Crippen molar-refractivity contribution in [1.82, 2.24) is 0 Å². The van der Waals surface area contributed by atoms with Gasteiger partial charge in [0, 0.05) is 12.8 Å². The van der Waals surface area contributed by atoms with Crippen LogP contribution < -0.4 is 0 Å². The van der Waals surface area contributed by atoms with Gasteiger partial charge in [-0.05, 0) is 20.8 Å². The van der Waals surface area contributed by atoms with Gasteiger partial charge in [-0.15, -0.1) is 0 Å². The summed E-state index contributed by atoms with van der Waals surface area (Å²) in [7, 11) is 0. The first-order chi connectivity index (χ1) is 7.20. The SMILES string of the molecule is CC(C)(C)OC(=O)CCC(=O)CCC(=O)O. The van der Waals surface area contributed by atoms with E-state index in [0.29, 0.717) is 0 Å². The van der Waals surface area contributed by atoms with Crippen LogP contribution in [0.2, 0.25) is 0 Å². The summed E-state index contributed by atoms with van der Waals surface area (Å²) in [6.45, 7) is 5.24. The Morgan fingerprint density at radius 3 is 1.94 bits per heavy atom. The minimum Gasteiger partial charge on any atom is -0.481 e. The third-order valence-corrected chi connectivity index (χ3v) is 1.65. The average Bonchev–Trinajstić information content (AvgIpc) is 2.08. The van der Waals surface area contributed by atoms with Crippen molar-refractivity contribution in [3.05, 3.63) is 0 Å². The third-order valence-electron chi connectivity index (χ3n) is 1.65. The van der Waals surface area contributed by atoms with Gasteiger partial charge < -0.3 is 9.84 Å². The summed E-state index contributed by atoms with van der Waals surface area (Å²) in [5, 5.41) is 8.35. The molecule has 0 saturated heterocycles.